The highest BCUT2D eigenvalue weighted by atomic mass is 16.6. The lowest BCUT2D eigenvalue weighted by atomic mass is 9.84. The first-order valence-corrected chi connectivity index (χ1v) is 4.73. The number of methoxy groups -OCH3 is 1. The van der Waals surface area contributed by atoms with Crippen molar-refractivity contribution in [3.63, 3.8) is 0 Å². The SMILES string of the molecule is COC1=CC(N)=C([N+](=O)[O-])CC1(N)CCO. The first kappa shape index (κ1) is 12.5. The lowest BCUT2D eigenvalue weighted by Gasteiger charge is -2.32. The average molecular weight is 229 g/mol. The van der Waals surface area contributed by atoms with E-state index in [-0.39, 0.29) is 30.8 Å². The van der Waals surface area contributed by atoms with Crippen LogP contribution in [0.3, 0.4) is 0 Å². The summed E-state index contributed by atoms with van der Waals surface area (Å²) >= 11 is 0. The van der Waals surface area contributed by atoms with Crippen LogP contribution in [0.2, 0.25) is 0 Å². The maximum Gasteiger partial charge on any atom is 0.271 e. The zero-order valence-electron chi connectivity index (χ0n) is 8.97. The molecule has 1 aliphatic carbocycles. The van der Waals surface area contributed by atoms with Crippen molar-refractivity contribution in [1.29, 1.82) is 0 Å². The van der Waals surface area contributed by atoms with Crippen molar-refractivity contribution < 1.29 is 14.8 Å². The standard InChI is InChI=1S/C9H15N3O4/c1-16-8-4-6(10)7(12(14)15)5-9(8,11)2-3-13/h4,13H,2-3,5,10-11H2,1H3. The van der Waals surface area contributed by atoms with Gasteiger partial charge in [0, 0.05) is 12.7 Å². The van der Waals surface area contributed by atoms with Crippen LogP contribution < -0.4 is 11.5 Å². The molecule has 0 saturated carbocycles. The van der Waals surface area contributed by atoms with E-state index in [0.29, 0.717) is 5.76 Å². The molecule has 7 heteroatoms. The van der Waals surface area contributed by atoms with Crippen LogP contribution in [0.4, 0.5) is 0 Å². The molecular weight excluding hydrogens is 214 g/mol. The summed E-state index contributed by atoms with van der Waals surface area (Å²) in [5.41, 5.74) is 10.3. The van der Waals surface area contributed by atoms with E-state index in [1.165, 1.54) is 13.2 Å². The van der Waals surface area contributed by atoms with E-state index in [1.807, 2.05) is 0 Å². The quantitative estimate of drug-likeness (QED) is 0.438. The Labute approximate surface area is 92.5 Å². The Morgan fingerprint density at radius 3 is 2.81 bits per heavy atom. The zero-order valence-corrected chi connectivity index (χ0v) is 8.97. The summed E-state index contributed by atoms with van der Waals surface area (Å²) in [5, 5.41) is 19.6. The molecule has 16 heavy (non-hydrogen) atoms. The number of nitrogens with zero attached hydrogens (tertiary/aromatic N) is 1. The minimum atomic E-state index is -1.06. The second kappa shape index (κ2) is 4.50. The van der Waals surface area contributed by atoms with Crippen LogP contribution in [-0.2, 0) is 4.74 Å². The lowest BCUT2D eigenvalue weighted by Crippen LogP contribution is -2.46. The molecule has 0 fully saturated rings. The number of aliphatic hydroxyl groups is 1. The van der Waals surface area contributed by atoms with Gasteiger partial charge in [0.2, 0.25) is 0 Å². The van der Waals surface area contributed by atoms with Gasteiger partial charge in [-0.25, -0.2) is 0 Å². The van der Waals surface area contributed by atoms with E-state index in [9.17, 15) is 10.1 Å². The van der Waals surface area contributed by atoms with Crippen molar-refractivity contribution in [1.82, 2.24) is 0 Å². The van der Waals surface area contributed by atoms with Crippen molar-refractivity contribution in [2.24, 2.45) is 11.5 Å². The maximum absolute atomic E-state index is 10.7. The van der Waals surface area contributed by atoms with Crippen molar-refractivity contribution in [2.75, 3.05) is 13.7 Å². The molecule has 7 nitrogen and oxygen atoms in total. The Hall–Kier alpha value is -1.60. The Bertz CT molecular complexity index is 364. The van der Waals surface area contributed by atoms with Gasteiger partial charge in [0.15, 0.2) is 0 Å². The van der Waals surface area contributed by atoms with Crippen LogP contribution in [0.1, 0.15) is 12.8 Å². The molecule has 0 spiro atoms. The van der Waals surface area contributed by atoms with Gasteiger partial charge in [-0.15, -0.1) is 0 Å². The van der Waals surface area contributed by atoms with Gasteiger partial charge in [0.25, 0.3) is 5.70 Å². The largest absolute Gasteiger partial charge is 0.499 e. The molecule has 5 N–H and O–H groups in total. The third-order valence-electron chi connectivity index (χ3n) is 2.59. The minimum absolute atomic E-state index is 0.0425. The topological polar surface area (TPSA) is 125 Å². The van der Waals surface area contributed by atoms with Gasteiger partial charge in [0.05, 0.1) is 24.0 Å². The van der Waals surface area contributed by atoms with Gasteiger partial charge in [-0.3, -0.25) is 10.1 Å². The van der Waals surface area contributed by atoms with Crippen LogP contribution in [0.5, 0.6) is 0 Å². The van der Waals surface area contributed by atoms with Gasteiger partial charge in [0.1, 0.15) is 11.5 Å². The first-order chi connectivity index (χ1) is 7.44. The average Bonchev–Trinajstić information content (AvgIpc) is 2.21. The highest BCUT2D eigenvalue weighted by Crippen LogP contribution is 2.32. The number of hydrogen-bond acceptors (Lipinski definition) is 6. The normalized spacial score (nSPS) is 25.3. The van der Waals surface area contributed by atoms with E-state index in [1.54, 1.807) is 0 Å². The fourth-order valence-corrected chi connectivity index (χ4v) is 1.70. The van der Waals surface area contributed by atoms with Crippen molar-refractivity contribution >= 4 is 0 Å². The molecule has 0 saturated heterocycles. The predicted octanol–water partition coefficient (Wildman–Crippen LogP) is -0.553. The van der Waals surface area contributed by atoms with Crippen LogP contribution in [0, 0.1) is 10.1 Å². The Morgan fingerprint density at radius 2 is 2.38 bits per heavy atom. The number of nitrogens with two attached hydrogens (primary N) is 2. The highest BCUT2D eigenvalue weighted by molar-refractivity contribution is 5.34. The van der Waals surface area contributed by atoms with Crippen molar-refractivity contribution in [3.8, 4) is 0 Å². The van der Waals surface area contributed by atoms with Gasteiger partial charge in [-0.2, -0.15) is 0 Å². The molecule has 0 aromatic rings. The molecule has 1 rings (SSSR count). The van der Waals surface area contributed by atoms with Crippen molar-refractivity contribution in [2.45, 2.75) is 18.4 Å². The van der Waals surface area contributed by atoms with Gasteiger partial charge in [-0.05, 0) is 6.42 Å². The fourth-order valence-electron chi connectivity index (χ4n) is 1.70. The summed E-state index contributed by atoms with van der Waals surface area (Å²) in [6, 6.07) is 0. The van der Waals surface area contributed by atoms with Crippen LogP contribution in [0.15, 0.2) is 23.2 Å². The van der Waals surface area contributed by atoms with Crippen molar-refractivity contribution in [3.05, 3.63) is 33.3 Å². The Balaban J connectivity index is 3.12. The lowest BCUT2D eigenvalue weighted by molar-refractivity contribution is -0.430. The monoisotopic (exact) mass is 229 g/mol. The van der Waals surface area contributed by atoms with E-state index in [2.05, 4.69) is 0 Å². The van der Waals surface area contributed by atoms with Gasteiger partial charge < -0.3 is 21.3 Å². The molecule has 90 valence electrons. The number of hydrogen-bond donors (Lipinski definition) is 3. The number of rotatable bonds is 4. The van der Waals surface area contributed by atoms with Crippen LogP contribution in [-0.4, -0.2) is 29.3 Å². The summed E-state index contributed by atoms with van der Waals surface area (Å²) in [6.07, 6.45) is 1.47. The second-order valence-electron chi connectivity index (χ2n) is 3.68. The van der Waals surface area contributed by atoms with Crippen LogP contribution >= 0.6 is 0 Å². The molecule has 0 aliphatic heterocycles. The molecule has 1 unspecified atom stereocenters. The third kappa shape index (κ3) is 2.15. The minimum Gasteiger partial charge on any atom is -0.499 e. The number of ether oxygens (including phenoxy) is 1. The highest BCUT2D eigenvalue weighted by Gasteiger charge is 2.40. The zero-order chi connectivity index (χ0) is 12.3. The smallest absolute Gasteiger partial charge is 0.271 e. The van der Waals surface area contributed by atoms with Gasteiger partial charge in [-0.1, -0.05) is 0 Å². The molecule has 0 aromatic carbocycles. The summed E-state index contributed by atoms with van der Waals surface area (Å²) < 4.78 is 5.05. The fraction of sp³-hybridized carbons (Fsp3) is 0.556. The van der Waals surface area contributed by atoms with E-state index in [4.69, 9.17) is 21.3 Å². The molecule has 0 amide bonds. The molecule has 0 aromatic heterocycles. The van der Waals surface area contributed by atoms with E-state index < -0.39 is 10.5 Å². The summed E-state index contributed by atoms with van der Waals surface area (Å²) in [7, 11) is 1.41. The summed E-state index contributed by atoms with van der Waals surface area (Å²) in [4.78, 5) is 10.2. The number of nitro groups is 1. The van der Waals surface area contributed by atoms with E-state index in [0.717, 1.165) is 0 Å². The third-order valence-corrected chi connectivity index (χ3v) is 2.59. The Kier molecular flexibility index (Phi) is 3.51. The second-order valence-corrected chi connectivity index (χ2v) is 3.68. The first-order valence-electron chi connectivity index (χ1n) is 4.73. The molecule has 0 heterocycles. The maximum atomic E-state index is 10.7. The summed E-state index contributed by atoms with van der Waals surface area (Å²) in [5.74, 6) is 0.352. The molecule has 1 atom stereocenters. The summed E-state index contributed by atoms with van der Waals surface area (Å²) in [6.45, 7) is -0.178. The molecule has 0 radical (unpaired) electrons. The molecular formula is C9H15N3O4. The van der Waals surface area contributed by atoms with Gasteiger partial charge >= 0.3 is 0 Å². The van der Waals surface area contributed by atoms with Crippen LogP contribution in [0.25, 0.3) is 0 Å². The Morgan fingerprint density at radius 1 is 1.75 bits per heavy atom. The predicted molar refractivity (Wildman–Crippen MR) is 56.5 cm³/mol. The molecule has 1 aliphatic rings. The van der Waals surface area contributed by atoms with E-state index >= 15 is 0 Å². The number of aliphatic hydroxyl groups excluding tert-OH is 1. The molecule has 0 bridgehead atoms. The number of allylic oxidation sites excluding steroid dienone is 1.